The van der Waals surface area contributed by atoms with Gasteiger partial charge in [-0.05, 0) is 118 Å². The van der Waals surface area contributed by atoms with Crippen LogP contribution in [-0.4, -0.2) is 92.4 Å². The molecule has 11 atom stereocenters. The molecule has 18 heteroatoms. The topological polar surface area (TPSA) is 242 Å². The van der Waals surface area contributed by atoms with Gasteiger partial charge in [-0.15, -0.1) is 0 Å². The van der Waals surface area contributed by atoms with Crippen LogP contribution in [0.1, 0.15) is 116 Å². The molecule has 0 amide bonds. The van der Waals surface area contributed by atoms with Crippen LogP contribution in [0.2, 0.25) is 0 Å². The van der Waals surface area contributed by atoms with Crippen molar-refractivity contribution in [1.29, 1.82) is 0 Å². The van der Waals surface area contributed by atoms with Crippen molar-refractivity contribution >= 4 is 48.3 Å². The van der Waals surface area contributed by atoms with E-state index in [4.69, 9.17) is 18.8 Å². The van der Waals surface area contributed by atoms with Gasteiger partial charge in [0.2, 0.25) is 0 Å². The lowest BCUT2D eigenvalue weighted by Crippen LogP contribution is -2.49. The molecule has 0 bridgehead atoms. The van der Waals surface area contributed by atoms with Crippen molar-refractivity contribution in [2.75, 3.05) is 17.3 Å². The van der Waals surface area contributed by atoms with E-state index in [0.29, 0.717) is 56.8 Å². The summed E-state index contributed by atoms with van der Waals surface area (Å²) in [6.45, 7) is 0. The highest BCUT2D eigenvalue weighted by Crippen LogP contribution is 2.58. The molecule has 0 aromatic rings. The monoisotopic (exact) mass is 812 g/mol. The van der Waals surface area contributed by atoms with Crippen LogP contribution in [0, 0.1) is 47.3 Å². The Labute approximate surface area is 313 Å². The van der Waals surface area contributed by atoms with Gasteiger partial charge in [0.25, 0.3) is 30.4 Å². The Bertz CT molecular complexity index is 1630. The highest BCUT2D eigenvalue weighted by molar-refractivity contribution is 7.87. The van der Waals surface area contributed by atoms with Gasteiger partial charge in [0, 0.05) is 0 Å². The quantitative estimate of drug-likeness (QED) is 0.149. The van der Waals surface area contributed by atoms with Gasteiger partial charge >= 0.3 is 17.9 Å². The Morgan fingerprint density at radius 3 is 1.38 bits per heavy atom. The van der Waals surface area contributed by atoms with Crippen LogP contribution >= 0.6 is 0 Å². The molecule has 5 rings (SSSR count). The van der Waals surface area contributed by atoms with Crippen molar-refractivity contribution in [1.82, 2.24) is 0 Å². The summed E-state index contributed by atoms with van der Waals surface area (Å²) in [6.07, 6.45) is 12.8. The molecule has 0 aromatic carbocycles. The molecule has 0 aliphatic heterocycles. The number of carbonyl (C=O) groups is 3. The van der Waals surface area contributed by atoms with E-state index in [1.54, 1.807) is 0 Å². The zero-order valence-electron chi connectivity index (χ0n) is 30.2. The first kappa shape index (κ1) is 42.3. The van der Waals surface area contributed by atoms with Crippen LogP contribution in [0.5, 0.6) is 0 Å². The van der Waals surface area contributed by atoms with Crippen molar-refractivity contribution in [3.05, 3.63) is 0 Å². The summed E-state index contributed by atoms with van der Waals surface area (Å²) in [6, 6.07) is 0. The van der Waals surface area contributed by atoms with Crippen LogP contribution in [-0.2, 0) is 58.9 Å². The molecule has 11 unspecified atom stereocenters. The third-order valence-corrected chi connectivity index (χ3v) is 14.6. The zero-order valence-corrected chi connectivity index (χ0v) is 32.6. The van der Waals surface area contributed by atoms with Gasteiger partial charge in [0.1, 0.15) is 18.3 Å². The van der Waals surface area contributed by atoms with Crippen molar-refractivity contribution in [3.63, 3.8) is 0 Å². The smallest absolute Gasteiger partial charge is 0.323 e. The minimum absolute atomic E-state index is 0.0834. The SMILES string of the molecule is O=C(CS(=O)(=O)O)OC1CCCCCCC(C2CC(OC(=O)CS(=O)(=O)O)CC3C2CCCC3C2CC(OC(=O)CS(=O)(=O)O)CC3CCCC32)CC1. The maximum absolute atomic E-state index is 12.8. The third-order valence-electron chi connectivity index (χ3n) is 12.8. The largest absolute Gasteiger partial charge is 0.462 e. The van der Waals surface area contributed by atoms with E-state index in [2.05, 4.69) is 0 Å². The number of fused-ring (bicyclic) bond motifs is 2. The molecule has 0 radical (unpaired) electrons. The van der Waals surface area contributed by atoms with Gasteiger partial charge in [-0.25, -0.2) is 0 Å². The van der Waals surface area contributed by atoms with E-state index < -0.39 is 83.8 Å². The molecular weight excluding hydrogens is 757 g/mol. The Kier molecular flexibility index (Phi) is 14.3. The van der Waals surface area contributed by atoms with Crippen LogP contribution in [0.4, 0.5) is 0 Å². The molecule has 5 aliphatic rings. The summed E-state index contributed by atoms with van der Waals surface area (Å²) in [7, 11) is -13.7. The molecule has 5 saturated carbocycles. The summed E-state index contributed by atoms with van der Waals surface area (Å²) in [5, 5.41) is 0. The standard InChI is InChI=1S/C35H56O15S3/c36-33(19-51(39,40)41)48-24-9-4-2-1-3-7-22(13-14-24)30-16-26(50-35(38)21-53(45,46)47)18-32-28(30)11-6-12-29(32)31-17-25(15-23-8-5-10-27(23)31)49-34(37)20-52(42,43)44/h22-32H,1-21H2,(H,39,40,41)(H,42,43,44)(H,45,46,47). The van der Waals surface area contributed by atoms with Gasteiger partial charge in [-0.1, -0.05) is 44.9 Å². The van der Waals surface area contributed by atoms with Crippen LogP contribution in [0.25, 0.3) is 0 Å². The van der Waals surface area contributed by atoms with Crippen LogP contribution in [0.15, 0.2) is 0 Å². The number of carbonyl (C=O) groups excluding carboxylic acids is 3. The summed E-state index contributed by atoms with van der Waals surface area (Å²) in [5.74, 6) is -4.72. The molecule has 0 spiro atoms. The first-order valence-corrected chi connectivity index (χ1v) is 24.1. The highest BCUT2D eigenvalue weighted by atomic mass is 32.2. The second kappa shape index (κ2) is 17.9. The number of rotatable bonds is 11. The van der Waals surface area contributed by atoms with Gasteiger partial charge in [0.15, 0.2) is 17.3 Å². The molecule has 0 aromatic heterocycles. The Hall–Kier alpha value is -1.86. The summed E-state index contributed by atoms with van der Waals surface area (Å²) >= 11 is 0. The zero-order chi connectivity index (χ0) is 38.6. The van der Waals surface area contributed by atoms with E-state index in [9.17, 15) is 48.7 Å². The fourth-order valence-electron chi connectivity index (χ4n) is 11.2. The number of ether oxygens (including phenoxy) is 3. The van der Waals surface area contributed by atoms with Crippen molar-refractivity contribution < 1.29 is 67.5 Å². The minimum atomic E-state index is -4.60. The molecule has 15 nitrogen and oxygen atoms in total. The number of esters is 3. The van der Waals surface area contributed by atoms with Crippen LogP contribution < -0.4 is 0 Å². The lowest BCUT2D eigenvalue weighted by Gasteiger charge is -2.54. The van der Waals surface area contributed by atoms with E-state index in [1.807, 2.05) is 0 Å². The minimum Gasteiger partial charge on any atom is -0.462 e. The van der Waals surface area contributed by atoms with Crippen molar-refractivity contribution in [2.24, 2.45) is 47.3 Å². The Balaban J connectivity index is 1.40. The predicted octanol–water partition coefficient (Wildman–Crippen LogP) is 4.40. The summed E-state index contributed by atoms with van der Waals surface area (Å²) < 4.78 is 113. The molecule has 304 valence electrons. The summed E-state index contributed by atoms with van der Waals surface area (Å²) in [4.78, 5) is 37.7. The van der Waals surface area contributed by atoms with E-state index >= 15 is 0 Å². The number of hydrogen-bond acceptors (Lipinski definition) is 12. The van der Waals surface area contributed by atoms with Gasteiger partial charge in [-0.3, -0.25) is 28.0 Å². The maximum Gasteiger partial charge on any atom is 0.323 e. The average molecular weight is 813 g/mol. The Morgan fingerprint density at radius 1 is 0.396 bits per heavy atom. The fraction of sp³-hybridized carbons (Fsp3) is 0.914. The summed E-state index contributed by atoms with van der Waals surface area (Å²) in [5.41, 5.74) is 0. The fourth-order valence-corrected chi connectivity index (χ4v) is 12.3. The second-order valence-corrected chi connectivity index (χ2v) is 20.7. The maximum atomic E-state index is 12.8. The predicted molar refractivity (Wildman–Crippen MR) is 190 cm³/mol. The van der Waals surface area contributed by atoms with Crippen LogP contribution in [0.3, 0.4) is 0 Å². The average Bonchev–Trinajstić information content (AvgIpc) is 3.49. The highest BCUT2D eigenvalue weighted by Gasteiger charge is 2.52. The van der Waals surface area contributed by atoms with E-state index in [1.165, 1.54) is 0 Å². The van der Waals surface area contributed by atoms with Crippen molar-refractivity contribution in [2.45, 2.75) is 134 Å². The molecule has 0 heterocycles. The lowest BCUT2D eigenvalue weighted by atomic mass is 9.52. The molecular formula is C35H56O15S3. The van der Waals surface area contributed by atoms with E-state index in [0.717, 1.165) is 70.6 Å². The lowest BCUT2D eigenvalue weighted by molar-refractivity contribution is -0.157. The Morgan fingerprint density at radius 2 is 0.811 bits per heavy atom. The second-order valence-electron chi connectivity index (χ2n) is 16.4. The molecule has 0 saturated heterocycles. The molecule has 3 N–H and O–H groups in total. The number of hydrogen-bond donors (Lipinski definition) is 3. The molecule has 5 fully saturated rings. The third kappa shape index (κ3) is 12.8. The van der Waals surface area contributed by atoms with Gasteiger partial charge < -0.3 is 14.2 Å². The molecule has 5 aliphatic carbocycles. The first-order chi connectivity index (χ1) is 24.8. The first-order valence-electron chi connectivity index (χ1n) is 19.3. The van der Waals surface area contributed by atoms with Gasteiger partial charge in [-0.2, -0.15) is 25.3 Å². The van der Waals surface area contributed by atoms with E-state index in [-0.39, 0.29) is 35.5 Å². The normalized spacial score (nSPS) is 35.9. The van der Waals surface area contributed by atoms with Gasteiger partial charge in [0.05, 0.1) is 0 Å². The molecule has 53 heavy (non-hydrogen) atoms. The van der Waals surface area contributed by atoms with Crippen molar-refractivity contribution in [3.8, 4) is 0 Å².